The Bertz CT molecular complexity index is 707. The maximum absolute atomic E-state index is 14.0. The number of nitrogens with zero attached hydrogens (tertiary/aromatic N) is 2. The molecule has 4 saturated carbocycles. The Morgan fingerprint density at radius 3 is 2.25 bits per heavy atom. The Balaban J connectivity index is 1.17. The second-order valence-corrected chi connectivity index (χ2v) is 10.00. The highest BCUT2D eigenvalue weighted by Crippen LogP contribution is 2.55. The zero-order valence-corrected chi connectivity index (χ0v) is 17.1. The van der Waals surface area contributed by atoms with Gasteiger partial charge in [0.05, 0.1) is 0 Å². The Labute approximate surface area is 171 Å². The van der Waals surface area contributed by atoms with Crippen LogP contribution in [0.2, 0.25) is 5.02 Å². The van der Waals surface area contributed by atoms with Crippen LogP contribution in [0.5, 0.6) is 0 Å². The fraction of sp³-hybridized carbons (Fsp3) is 0.682. The first-order chi connectivity index (χ1) is 13.5. The van der Waals surface area contributed by atoms with Crippen LogP contribution in [-0.4, -0.2) is 47.5 Å². The number of rotatable bonds is 3. The molecule has 1 heterocycles. The number of nitrogens with one attached hydrogen (secondary N) is 1. The van der Waals surface area contributed by atoms with E-state index in [1.54, 1.807) is 12.1 Å². The van der Waals surface area contributed by atoms with Gasteiger partial charge in [-0.2, -0.15) is 0 Å². The first kappa shape index (κ1) is 18.7. The molecule has 0 aromatic heterocycles. The molecule has 5 aliphatic rings. The van der Waals surface area contributed by atoms with E-state index >= 15 is 0 Å². The van der Waals surface area contributed by atoms with Crippen molar-refractivity contribution in [2.24, 2.45) is 17.8 Å². The zero-order valence-electron chi connectivity index (χ0n) is 16.3. The first-order valence-electron chi connectivity index (χ1n) is 10.7. The molecule has 6 heteroatoms. The van der Waals surface area contributed by atoms with Crippen LogP contribution in [0.25, 0.3) is 0 Å². The number of urea groups is 1. The summed E-state index contributed by atoms with van der Waals surface area (Å²) in [6.07, 6.45) is 7.68. The van der Waals surface area contributed by atoms with Crippen LogP contribution < -0.4 is 5.32 Å². The molecule has 1 aliphatic heterocycles. The summed E-state index contributed by atoms with van der Waals surface area (Å²) in [6.45, 7) is 3.36. The average molecular weight is 406 g/mol. The van der Waals surface area contributed by atoms with Gasteiger partial charge in [0, 0.05) is 48.8 Å². The Morgan fingerprint density at radius 2 is 1.68 bits per heavy atom. The predicted octanol–water partition coefficient (Wildman–Crippen LogP) is 4.28. The number of halogens is 2. The normalized spacial score (nSPS) is 34.6. The fourth-order valence-electron chi connectivity index (χ4n) is 6.59. The van der Waals surface area contributed by atoms with Crippen LogP contribution >= 0.6 is 11.6 Å². The predicted molar refractivity (Wildman–Crippen MR) is 108 cm³/mol. The molecule has 28 heavy (non-hydrogen) atoms. The molecule has 1 saturated heterocycles. The summed E-state index contributed by atoms with van der Waals surface area (Å²) < 4.78 is 14.0. The first-order valence-corrected chi connectivity index (χ1v) is 11.1. The van der Waals surface area contributed by atoms with Crippen molar-refractivity contribution in [3.05, 3.63) is 34.6 Å². The van der Waals surface area contributed by atoms with Crippen LogP contribution in [0.4, 0.5) is 9.18 Å². The molecular weight excluding hydrogens is 377 g/mol. The molecule has 0 radical (unpaired) electrons. The van der Waals surface area contributed by atoms with Crippen LogP contribution in [0.1, 0.15) is 44.1 Å². The van der Waals surface area contributed by atoms with E-state index in [0.717, 1.165) is 30.8 Å². The quantitative estimate of drug-likeness (QED) is 0.814. The maximum Gasteiger partial charge on any atom is 0.317 e. The molecule has 2 amide bonds. The van der Waals surface area contributed by atoms with Gasteiger partial charge in [-0.05, 0) is 68.4 Å². The van der Waals surface area contributed by atoms with Gasteiger partial charge in [-0.1, -0.05) is 17.7 Å². The van der Waals surface area contributed by atoms with E-state index in [9.17, 15) is 9.18 Å². The largest absolute Gasteiger partial charge is 0.333 e. The molecular formula is C22H29ClFN3O. The summed E-state index contributed by atoms with van der Waals surface area (Å²) in [7, 11) is 0. The second kappa shape index (κ2) is 7.17. The molecule has 4 bridgehead atoms. The second-order valence-electron chi connectivity index (χ2n) is 9.59. The number of piperazine rings is 1. The Hall–Kier alpha value is -1.33. The molecule has 0 atom stereocenters. The third kappa shape index (κ3) is 3.52. The molecule has 4 nitrogen and oxygen atoms in total. The van der Waals surface area contributed by atoms with Gasteiger partial charge in [0.1, 0.15) is 5.82 Å². The van der Waals surface area contributed by atoms with Crippen molar-refractivity contribution in [2.45, 2.75) is 50.6 Å². The number of carbonyl (C=O) groups is 1. The molecule has 1 aromatic carbocycles. The number of hydrogen-bond acceptors (Lipinski definition) is 2. The lowest BCUT2D eigenvalue weighted by molar-refractivity contribution is -0.0165. The van der Waals surface area contributed by atoms with Crippen LogP contribution in [0.3, 0.4) is 0 Å². The zero-order chi connectivity index (χ0) is 19.3. The van der Waals surface area contributed by atoms with E-state index in [1.807, 2.05) is 4.90 Å². The molecule has 152 valence electrons. The lowest BCUT2D eigenvalue weighted by Crippen LogP contribution is -2.63. The third-order valence-corrected chi connectivity index (χ3v) is 7.87. The van der Waals surface area contributed by atoms with E-state index in [2.05, 4.69) is 10.2 Å². The summed E-state index contributed by atoms with van der Waals surface area (Å²) >= 11 is 6.16. The van der Waals surface area contributed by atoms with Gasteiger partial charge >= 0.3 is 6.03 Å². The maximum atomic E-state index is 14.0. The van der Waals surface area contributed by atoms with Crippen molar-refractivity contribution in [1.29, 1.82) is 0 Å². The smallest absolute Gasteiger partial charge is 0.317 e. The minimum Gasteiger partial charge on any atom is -0.333 e. The lowest BCUT2D eigenvalue weighted by Gasteiger charge is -2.57. The third-order valence-electron chi connectivity index (χ3n) is 7.51. The highest BCUT2D eigenvalue weighted by Gasteiger charge is 2.51. The van der Waals surface area contributed by atoms with E-state index in [1.165, 1.54) is 44.6 Å². The van der Waals surface area contributed by atoms with Crippen molar-refractivity contribution in [1.82, 2.24) is 15.1 Å². The van der Waals surface area contributed by atoms with Crippen molar-refractivity contribution < 1.29 is 9.18 Å². The van der Waals surface area contributed by atoms with Crippen molar-refractivity contribution in [3.8, 4) is 0 Å². The molecule has 1 aromatic rings. The molecule has 4 aliphatic carbocycles. The van der Waals surface area contributed by atoms with Crippen LogP contribution in [0, 0.1) is 23.6 Å². The fourth-order valence-corrected chi connectivity index (χ4v) is 6.81. The van der Waals surface area contributed by atoms with Gasteiger partial charge in [-0.25, -0.2) is 9.18 Å². The van der Waals surface area contributed by atoms with Crippen LogP contribution in [0.15, 0.2) is 18.2 Å². The van der Waals surface area contributed by atoms with Gasteiger partial charge < -0.3 is 10.2 Å². The van der Waals surface area contributed by atoms with Gasteiger partial charge in [0.15, 0.2) is 0 Å². The molecule has 0 spiro atoms. The van der Waals surface area contributed by atoms with Gasteiger partial charge in [0.2, 0.25) is 0 Å². The summed E-state index contributed by atoms with van der Waals surface area (Å²) in [5.74, 6) is 2.23. The monoisotopic (exact) mass is 405 g/mol. The van der Waals surface area contributed by atoms with Crippen molar-refractivity contribution in [2.75, 3.05) is 26.2 Å². The van der Waals surface area contributed by atoms with E-state index in [4.69, 9.17) is 11.6 Å². The number of amides is 2. The summed E-state index contributed by atoms with van der Waals surface area (Å²) in [4.78, 5) is 17.1. The van der Waals surface area contributed by atoms with Gasteiger partial charge in [-0.3, -0.25) is 4.90 Å². The summed E-state index contributed by atoms with van der Waals surface area (Å²) in [6, 6.07) is 4.92. The minimum atomic E-state index is -0.255. The average Bonchev–Trinajstić information content (AvgIpc) is 2.64. The standard InChI is InChI=1S/C22H29ClFN3O/c23-19-2-1-3-20(24)18(19)14-26-4-6-27(7-5-26)21(28)25-22-11-15-8-16(12-22)10-17(9-15)13-22/h1-3,15-17H,4-14H2,(H,25,28). The van der Waals surface area contributed by atoms with E-state index in [-0.39, 0.29) is 17.4 Å². The molecule has 1 N–H and O–H groups in total. The molecule has 6 rings (SSSR count). The summed E-state index contributed by atoms with van der Waals surface area (Å²) in [5, 5.41) is 3.94. The Morgan fingerprint density at radius 1 is 1.07 bits per heavy atom. The molecule has 0 unspecified atom stereocenters. The van der Waals surface area contributed by atoms with Crippen molar-refractivity contribution in [3.63, 3.8) is 0 Å². The highest BCUT2D eigenvalue weighted by molar-refractivity contribution is 6.31. The van der Waals surface area contributed by atoms with Crippen LogP contribution in [-0.2, 0) is 6.54 Å². The topological polar surface area (TPSA) is 35.6 Å². The van der Waals surface area contributed by atoms with Gasteiger partial charge in [0.25, 0.3) is 0 Å². The summed E-state index contributed by atoms with van der Waals surface area (Å²) in [5.41, 5.74) is 0.611. The number of hydrogen-bond donors (Lipinski definition) is 1. The number of carbonyl (C=O) groups excluding carboxylic acids is 1. The SMILES string of the molecule is O=C(NC12CC3CC(CC(C3)C1)C2)N1CCN(Cc2c(F)cccc2Cl)CC1. The molecule has 5 fully saturated rings. The Kier molecular flexibility index (Phi) is 4.79. The van der Waals surface area contributed by atoms with Crippen molar-refractivity contribution >= 4 is 17.6 Å². The lowest BCUT2D eigenvalue weighted by atomic mass is 9.53. The van der Waals surface area contributed by atoms with E-state index < -0.39 is 0 Å². The number of benzene rings is 1. The van der Waals surface area contributed by atoms with E-state index in [0.29, 0.717) is 30.2 Å². The minimum absolute atomic E-state index is 0.0592. The highest BCUT2D eigenvalue weighted by atomic mass is 35.5. The van der Waals surface area contributed by atoms with Gasteiger partial charge in [-0.15, -0.1) is 0 Å².